The molecule has 0 atom stereocenters. The molecule has 2 rings (SSSR count). The van der Waals surface area contributed by atoms with Gasteiger partial charge in [-0.2, -0.15) is 0 Å². The third kappa shape index (κ3) is 3.43. The van der Waals surface area contributed by atoms with Crippen molar-refractivity contribution in [1.82, 2.24) is 19.8 Å². The zero-order chi connectivity index (χ0) is 11.2. The molecule has 88 valence electrons. The van der Waals surface area contributed by atoms with Gasteiger partial charge in [0.1, 0.15) is 12.9 Å². The molecule has 1 aliphatic heterocycles. The zero-order valence-electron chi connectivity index (χ0n) is 9.67. The van der Waals surface area contributed by atoms with E-state index >= 15 is 0 Å². The van der Waals surface area contributed by atoms with Gasteiger partial charge in [0.05, 0.1) is 0 Å². The van der Waals surface area contributed by atoms with Gasteiger partial charge in [0.25, 0.3) is 0 Å². The fourth-order valence-corrected chi connectivity index (χ4v) is 1.71. The molecule has 2 heterocycles. The van der Waals surface area contributed by atoms with Crippen LogP contribution >= 0.6 is 0 Å². The predicted molar refractivity (Wildman–Crippen MR) is 61.5 cm³/mol. The SMILES string of the molecule is CN1CCN(CCOc2ccncn2)CC1. The molecule has 1 aliphatic rings. The van der Waals surface area contributed by atoms with Crippen molar-refractivity contribution in [3.8, 4) is 5.88 Å². The molecule has 0 unspecified atom stereocenters. The topological polar surface area (TPSA) is 41.5 Å². The van der Waals surface area contributed by atoms with Gasteiger partial charge in [0.15, 0.2) is 0 Å². The number of rotatable bonds is 4. The van der Waals surface area contributed by atoms with E-state index < -0.39 is 0 Å². The maximum absolute atomic E-state index is 5.53. The van der Waals surface area contributed by atoms with Crippen LogP contribution in [0.25, 0.3) is 0 Å². The van der Waals surface area contributed by atoms with Gasteiger partial charge in [-0.05, 0) is 7.05 Å². The summed E-state index contributed by atoms with van der Waals surface area (Å²) in [6.45, 7) is 6.22. The van der Waals surface area contributed by atoms with Crippen molar-refractivity contribution in [3.63, 3.8) is 0 Å². The average molecular weight is 222 g/mol. The molecule has 0 N–H and O–H groups in total. The summed E-state index contributed by atoms with van der Waals surface area (Å²) in [6.07, 6.45) is 3.20. The largest absolute Gasteiger partial charge is 0.476 e. The van der Waals surface area contributed by atoms with Gasteiger partial charge < -0.3 is 9.64 Å². The normalized spacial score (nSPS) is 18.6. The van der Waals surface area contributed by atoms with Gasteiger partial charge in [-0.1, -0.05) is 0 Å². The molecule has 16 heavy (non-hydrogen) atoms. The van der Waals surface area contributed by atoms with E-state index in [9.17, 15) is 0 Å². The van der Waals surface area contributed by atoms with Crippen LogP contribution in [0.3, 0.4) is 0 Å². The van der Waals surface area contributed by atoms with Crippen molar-refractivity contribution in [2.75, 3.05) is 46.4 Å². The second-order valence-electron chi connectivity index (χ2n) is 4.04. The van der Waals surface area contributed by atoms with Crippen LogP contribution in [0.1, 0.15) is 0 Å². The molecule has 1 aromatic heterocycles. The summed E-state index contributed by atoms with van der Waals surface area (Å²) >= 11 is 0. The number of piperazine rings is 1. The summed E-state index contributed by atoms with van der Waals surface area (Å²) in [5, 5.41) is 0. The lowest BCUT2D eigenvalue weighted by molar-refractivity contribution is 0.132. The minimum atomic E-state index is 0.657. The van der Waals surface area contributed by atoms with Crippen LogP contribution in [0, 0.1) is 0 Å². The molecular formula is C11H18N4O. The Hall–Kier alpha value is -1.20. The van der Waals surface area contributed by atoms with Gasteiger partial charge in [0.2, 0.25) is 5.88 Å². The molecule has 1 aromatic rings. The monoisotopic (exact) mass is 222 g/mol. The van der Waals surface area contributed by atoms with Gasteiger partial charge in [0, 0.05) is 45.0 Å². The molecule has 1 fully saturated rings. The van der Waals surface area contributed by atoms with Crippen LogP contribution in [-0.4, -0.2) is 66.1 Å². The van der Waals surface area contributed by atoms with E-state index in [0.717, 1.165) is 32.7 Å². The van der Waals surface area contributed by atoms with Crippen molar-refractivity contribution in [2.24, 2.45) is 0 Å². The molecule has 0 saturated carbocycles. The van der Waals surface area contributed by atoms with Crippen LogP contribution in [0.4, 0.5) is 0 Å². The first-order valence-electron chi connectivity index (χ1n) is 5.64. The van der Waals surface area contributed by atoms with E-state index in [0.29, 0.717) is 12.5 Å². The number of nitrogens with zero attached hydrogens (tertiary/aromatic N) is 4. The molecule has 5 nitrogen and oxygen atoms in total. The molecule has 5 heteroatoms. The molecule has 0 aliphatic carbocycles. The fourth-order valence-electron chi connectivity index (χ4n) is 1.71. The fraction of sp³-hybridized carbons (Fsp3) is 0.636. The molecular weight excluding hydrogens is 204 g/mol. The van der Waals surface area contributed by atoms with Crippen LogP contribution in [0.15, 0.2) is 18.6 Å². The maximum Gasteiger partial charge on any atom is 0.216 e. The van der Waals surface area contributed by atoms with Gasteiger partial charge in [-0.25, -0.2) is 9.97 Å². The third-order valence-electron chi connectivity index (χ3n) is 2.81. The van der Waals surface area contributed by atoms with Crippen LogP contribution in [0.5, 0.6) is 5.88 Å². The molecule has 0 bridgehead atoms. The highest BCUT2D eigenvalue weighted by Gasteiger charge is 2.12. The Morgan fingerprint density at radius 1 is 1.31 bits per heavy atom. The number of ether oxygens (including phenoxy) is 1. The Morgan fingerprint density at radius 2 is 2.12 bits per heavy atom. The van der Waals surface area contributed by atoms with E-state index in [-0.39, 0.29) is 0 Å². The Morgan fingerprint density at radius 3 is 2.81 bits per heavy atom. The second-order valence-corrected chi connectivity index (χ2v) is 4.04. The summed E-state index contributed by atoms with van der Waals surface area (Å²) in [4.78, 5) is 12.6. The van der Waals surface area contributed by atoms with Gasteiger partial charge in [-0.15, -0.1) is 0 Å². The second kappa shape index (κ2) is 5.77. The van der Waals surface area contributed by atoms with Crippen LogP contribution in [-0.2, 0) is 0 Å². The van der Waals surface area contributed by atoms with E-state index in [1.54, 1.807) is 12.3 Å². The minimum absolute atomic E-state index is 0.657. The van der Waals surface area contributed by atoms with Crippen LogP contribution < -0.4 is 4.74 Å². The van der Waals surface area contributed by atoms with E-state index in [4.69, 9.17) is 4.74 Å². The summed E-state index contributed by atoms with van der Waals surface area (Å²) in [5.74, 6) is 0.657. The molecule has 0 radical (unpaired) electrons. The number of likely N-dealkylation sites (N-methyl/N-ethyl adjacent to an activating group) is 1. The van der Waals surface area contributed by atoms with E-state index in [1.807, 2.05) is 0 Å². The van der Waals surface area contributed by atoms with Crippen molar-refractivity contribution in [2.45, 2.75) is 0 Å². The van der Waals surface area contributed by atoms with Crippen LogP contribution in [0.2, 0.25) is 0 Å². The highest BCUT2D eigenvalue weighted by molar-refractivity contribution is 5.04. The van der Waals surface area contributed by atoms with Crippen molar-refractivity contribution in [3.05, 3.63) is 18.6 Å². The highest BCUT2D eigenvalue weighted by Crippen LogP contribution is 2.03. The molecule has 0 aromatic carbocycles. The first kappa shape index (κ1) is 11.3. The van der Waals surface area contributed by atoms with Gasteiger partial charge in [-0.3, -0.25) is 4.90 Å². The summed E-state index contributed by atoms with van der Waals surface area (Å²) in [7, 11) is 2.16. The summed E-state index contributed by atoms with van der Waals surface area (Å²) in [5.41, 5.74) is 0. The molecule has 1 saturated heterocycles. The number of hydrogen-bond acceptors (Lipinski definition) is 5. The van der Waals surface area contributed by atoms with E-state index in [1.165, 1.54) is 6.33 Å². The maximum atomic E-state index is 5.53. The van der Waals surface area contributed by atoms with Crippen molar-refractivity contribution >= 4 is 0 Å². The summed E-state index contributed by atoms with van der Waals surface area (Å²) < 4.78 is 5.53. The smallest absolute Gasteiger partial charge is 0.216 e. The highest BCUT2D eigenvalue weighted by atomic mass is 16.5. The zero-order valence-corrected chi connectivity index (χ0v) is 9.67. The average Bonchev–Trinajstić information content (AvgIpc) is 2.33. The lowest BCUT2D eigenvalue weighted by atomic mass is 10.3. The molecule has 0 amide bonds. The first-order valence-corrected chi connectivity index (χ1v) is 5.64. The quantitative estimate of drug-likeness (QED) is 0.723. The summed E-state index contributed by atoms with van der Waals surface area (Å²) in [6, 6.07) is 1.78. The lowest BCUT2D eigenvalue weighted by Crippen LogP contribution is -2.45. The number of aromatic nitrogens is 2. The first-order chi connectivity index (χ1) is 7.84. The van der Waals surface area contributed by atoms with Gasteiger partial charge >= 0.3 is 0 Å². The Kier molecular flexibility index (Phi) is 4.07. The van der Waals surface area contributed by atoms with E-state index in [2.05, 4.69) is 26.8 Å². The lowest BCUT2D eigenvalue weighted by Gasteiger charge is -2.32. The third-order valence-corrected chi connectivity index (χ3v) is 2.81. The van der Waals surface area contributed by atoms with Crippen molar-refractivity contribution in [1.29, 1.82) is 0 Å². The predicted octanol–water partition coefficient (Wildman–Crippen LogP) is 0.103. The van der Waals surface area contributed by atoms with Crippen molar-refractivity contribution < 1.29 is 4.74 Å². The Balaban J connectivity index is 1.65. The minimum Gasteiger partial charge on any atom is -0.476 e. The Labute approximate surface area is 96.1 Å². The Bertz CT molecular complexity index is 298. The number of hydrogen-bond donors (Lipinski definition) is 0. The standard InChI is InChI=1S/C11H18N4O/c1-14-4-6-15(7-5-14)8-9-16-11-2-3-12-10-13-11/h2-3,10H,4-9H2,1H3. The molecule has 0 spiro atoms.